The van der Waals surface area contributed by atoms with E-state index in [9.17, 15) is 4.79 Å². The first-order valence-electron chi connectivity index (χ1n) is 8.48. The lowest BCUT2D eigenvalue weighted by Gasteiger charge is -2.20. The van der Waals surface area contributed by atoms with E-state index < -0.39 is 0 Å². The summed E-state index contributed by atoms with van der Waals surface area (Å²) in [6.07, 6.45) is 0. The summed E-state index contributed by atoms with van der Waals surface area (Å²) in [6, 6.07) is 14.8. The molecule has 0 saturated carbocycles. The molecule has 0 radical (unpaired) electrons. The van der Waals surface area contributed by atoms with E-state index in [0.29, 0.717) is 24.7 Å². The summed E-state index contributed by atoms with van der Waals surface area (Å²) >= 11 is 5.92. The fourth-order valence-electron chi connectivity index (χ4n) is 2.59. The van der Waals surface area contributed by atoms with Crippen molar-refractivity contribution < 1.29 is 14.3 Å². The highest BCUT2D eigenvalue weighted by atomic mass is 35.5. The Morgan fingerprint density at radius 1 is 1.23 bits per heavy atom. The van der Waals surface area contributed by atoms with Crippen LogP contribution in [0, 0.1) is 0 Å². The number of hydrogen-bond donors (Lipinski definition) is 1. The quantitative estimate of drug-likeness (QED) is 0.727. The number of hydrogen-bond acceptors (Lipinski definition) is 4. The van der Waals surface area contributed by atoms with Crippen LogP contribution in [-0.4, -0.2) is 44.7 Å². The molecular formula is C20H25ClN2O3. The molecule has 5 nitrogen and oxygen atoms in total. The number of benzene rings is 2. The SMILES string of the molecule is COc1ccccc1C(C)NC(=O)CN(C)CCOc1cccc(Cl)c1. The topological polar surface area (TPSA) is 50.8 Å². The number of para-hydroxylation sites is 1. The normalized spacial score (nSPS) is 11.9. The Morgan fingerprint density at radius 3 is 2.73 bits per heavy atom. The Morgan fingerprint density at radius 2 is 2.00 bits per heavy atom. The number of nitrogens with zero attached hydrogens (tertiary/aromatic N) is 1. The van der Waals surface area contributed by atoms with Crippen molar-refractivity contribution in [2.24, 2.45) is 0 Å². The number of amides is 1. The van der Waals surface area contributed by atoms with Gasteiger partial charge in [0.2, 0.25) is 5.91 Å². The maximum Gasteiger partial charge on any atom is 0.234 e. The highest BCUT2D eigenvalue weighted by molar-refractivity contribution is 6.30. The second-order valence-corrected chi connectivity index (χ2v) is 6.51. The number of halogens is 1. The van der Waals surface area contributed by atoms with E-state index in [2.05, 4.69) is 5.32 Å². The van der Waals surface area contributed by atoms with Crippen molar-refractivity contribution >= 4 is 17.5 Å². The Hall–Kier alpha value is -2.24. The fourth-order valence-corrected chi connectivity index (χ4v) is 2.77. The smallest absolute Gasteiger partial charge is 0.234 e. The first-order chi connectivity index (χ1) is 12.5. The molecule has 2 aromatic carbocycles. The molecule has 1 N–H and O–H groups in total. The second-order valence-electron chi connectivity index (χ2n) is 6.07. The maximum atomic E-state index is 12.3. The van der Waals surface area contributed by atoms with Crippen LogP contribution in [0.1, 0.15) is 18.5 Å². The van der Waals surface area contributed by atoms with E-state index in [1.807, 2.05) is 55.3 Å². The van der Waals surface area contributed by atoms with E-state index in [-0.39, 0.29) is 11.9 Å². The number of likely N-dealkylation sites (N-methyl/N-ethyl adjacent to an activating group) is 1. The van der Waals surface area contributed by atoms with E-state index in [4.69, 9.17) is 21.1 Å². The van der Waals surface area contributed by atoms with Gasteiger partial charge in [-0.1, -0.05) is 35.9 Å². The van der Waals surface area contributed by atoms with Crippen LogP contribution < -0.4 is 14.8 Å². The van der Waals surface area contributed by atoms with Crippen LogP contribution in [0.2, 0.25) is 5.02 Å². The highest BCUT2D eigenvalue weighted by Gasteiger charge is 2.14. The zero-order valence-corrected chi connectivity index (χ0v) is 16.1. The minimum Gasteiger partial charge on any atom is -0.496 e. The molecule has 0 heterocycles. The van der Waals surface area contributed by atoms with Crippen LogP contribution in [0.25, 0.3) is 0 Å². The lowest BCUT2D eigenvalue weighted by molar-refractivity contribution is -0.122. The molecule has 0 bridgehead atoms. The molecule has 0 aromatic heterocycles. The standard InChI is InChI=1S/C20H25ClN2O3/c1-15(18-9-4-5-10-19(18)25-3)22-20(24)14-23(2)11-12-26-17-8-6-7-16(21)13-17/h4-10,13,15H,11-12,14H2,1-3H3,(H,22,24). The van der Waals surface area contributed by atoms with Gasteiger partial charge in [0.25, 0.3) is 0 Å². The van der Waals surface area contributed by atoms with Gasteiger partial charge in [0.15, 0.2) is 0 Å². The van der Waals surface area contributed by atoms with Gasteiger partial charge in [-0.2, -0.15) is 0 Å². The molecule has 0 aliphatic carbocycles. The number of carbonyl (C=O) groups excluding carboxylic acids is 1. The van der Waals surface area contributed by atoms with Gasteiger partial charge in [0.1, 0.15) is 18.1 Å². The average Bonchev–Trinajstić information content (AvgIpc) is 2.61. The van der Waals surface area contributed by atoms with Gasteiger partial charge in [-0.25, -0.2) is 0 Å². The van der Waals surface area contributed by atoms with Gasteiger partial charge < -0.3 is 14.8 Å². The van der Waals surface area contributed by atoms with Crippen molar-refractivity contribution in [2.45, 2.75) is 13.0 Å². The van der Waals surface area contributed by atoms with E-state index in [0.717, 1.165) is 17.1 Å². The molecule has 0 spiro atoms. The lowest BCUT2D eigenvalue weighted by atomic mass is 10.1. The molecule has 0 fully saturated rings. The van der Waals surface area contributed by atoms with Crippen molar-refractivity contribution in [1.29, 1.82) is 0 Å². The summed E-state index contributed by atoms with van der Waals surface area (Å²) in [5.41, 5.74) is 0.954. The molecule has 6 heteroatoms. The first kappa shape index (κ1) is 20.1. The number of carbonyl (C=O) groups is 1. The van der Waals surface area contributed by atoms with Gasteiger partial charge in [0.05, 0.1) is 19.7 Å². The Balaban J connectivity index is 1.76. The third-order valence-electron chi connectivity index (χ3n) is 3.93. The van der Waals surface area contributed by atoms with Gasteiger partial charge >= 0.3 is 0 Å². The highest BCUT2D eigenvalue weighted by Crippen LogP contribution is 2.24. The minimum atomic E-state index is -0.130. The molecule has 26 heavy (non-hydrogen) atoms. The molecule has 1 atom stereocenters. The van der Waals surface area contributed by atoms with Gasteiger partial charge in [-0.05, 0) is 38.2 Å². The van der Waals surface area contributed by atoms with Crippen molar-refractivity contribution in [1.82, 2.24) is 10.2 Å². The van der Waals surface area contributed by atoms with E-state index in [1.54, 1.807) is 19.2 Å². The molecule has 140 valence electrons. The summed E-state index contributed by atoms with van der Waals surface area (Å²) in [5.74, 6) is 1.44. The third kappa shape index (κ3) is 6.24. The maximum absolute atomic E-state index is 12.3. The molecule has 0 saturated heterocycles. The van der Waals surface area contributed by atoms with Crippen molar-refractivity contribution in [2.75, 3.05) is 33.9 Å². The lowest BCUT2D eigenvalue weighted by Crippen LogP contribution is -2.38. The summed E-state index contributed by atoms with van der Waals surface area (Å²) in [5, 5.41) is 3.64. The molecule has 2 rings (SSSR count). The van der Waals surface area contributed by atoms with Crippen molar-refractivity contribution in [3.63, 3.8) is 0 Å². The first-order valence-corrected chi connectivity index (χ1v) is 8.86. The Bertz CT molecular complexity index is 724. The van der Waals surface area contributed by atoms with Gasteiger partial charge in [-0.3, -0.25) is 9.69 Å². The van der Waals surface area contributed by atoms with Gasteiger partial charge in [0, 0.05) is 17.1 Å². The minimum absolute atomic E-state index is 0.0475. The molecule has 0 aliphatic heterocycles. The predicted octanol–water partition coefficient (Wildman–Crippen LogP) is 3.54. The number of nitrogens with one attached hydrogen (secondary N) is 1. The average molecular weight is 377 g/mol. The van der Waals surface area contributed by atoms with Crippen LogP contribution in [0.4, 0.5) is 0 Å². The van der Waals surface area contributed by atoms with Crippen molar-refractivity contribution in [3.8, 4) is 11.5 Å². The van der Waals surface area contributed by atoms with Gasteiger partial charge in [-0.15, -0.1) is 0 Å². The summed E-state index contributed by atoms with van der Waals surface area (Å²) in [4.78, 5) is 14.2. The zero-order valence-electron chi connectivity index (χ0n) is 15.4. The number of rotatable bonds is 9. The third-order valence-corrected chi connectivity index (χ3v) is 4.17. The molecule has 1 unspecified atom stereocenters. The van der Waals surface area contributed by atoms with Crippen LogP contribution in [0.15, 0.2) is 48.5 Å². The zero-order chi connectivity index (χ0) is 18.9. The van der Waals surface area contributed by atoms with Crippen molar-refractivity contribution in [3.05, 3.63) is 59.1 Å². The summed E-state index contributed by atoms with van der Waals surface area (Å²) in [6.45, 7) is 3.34. The summed E-state index contributed by atoms with van der Waals surface area (Å²) in [7, 11) is 3.51. The van der Waals surface area contributed by atoms with Crippen LogP contribution in [-0.2, 0) is 4.79 Å². The van der Waals surface area contributed by atoms with E-state index >= 15 is 0 Å². The predicted molar refractivity (Wildman–Crippen MR) is 104 cm³/mol. The summed E-state index contributed by atoms with van der Waals surface area (Å²) < 4.78 is 11.0. The van der Waals surface area contributed by atoms with Crippen LogP contribution >= 0.6 is 11.6 Å². The van der Waals surface area contributed by atoms with E-state index in [1.165, 1.54) is 0 Å². The number of methoxy groups -OCH3 is 1. The molecule has 2 aromatic rings. The fraction of sp³-hybridized carbons (Fsp3) is 0.350. The van der Waals surface area contributed by atoms with Crippen LogP contribution in [0.5, 0.6) is 11.5 Å². The number of ether oxygens (including phenoxy) is 2. The Labute approximate surface area is 159 Å². The monoisotopic (exact) mass is 376 g/mol. The van der Waals surface area contributed by atoms with Crippen LogP contribution in [0.3, 0.4) is 0 Å². The second kappa shape index (κ2) is 10.0. The Kier molecular flexibility index (Phi) is 7.75. The molecule has 0 aliphatic rings. The largest absolute Gasteiger partial charge is 0.496 e. The molecule has 1 amide bonds. The molecular weight excluding hydrogens is 352 g/mol.